The number of thioether (sulfide) groups is 1. The molecule has 0 aliphatic carbocycles. The first-order valence-electron chi connectivity index (χ1n) is 6.78. The van der Waals surface area contributed by atoms with Crippen molar-refractivity contribution in [3.63, 3.8) is 0 Å². The molecule has 0 saturated carbocycles. The van der Waals surface area contributed by atoms with Gasteiger partial charge in [0.15, 0.2) is 6.10 Å². The molecule has 1 unspecified atom stereocenters. The SMILES string of the molecule is CSc1ccccc1NC(=O)C(C)Oc1ccccc1C. The molecule has 0 aromatic heterocycles. The lowest BCUT2D eigenvalue weighted by atomic mass is 10.2. The second kappa shape index (κ2) is 7.18. The summed E-state index contributed by atoms with van der Waals surface area (Å²) in [6.07, 6.45) is 1.43. The van der Waals surface area contributed by atoms with Crippen LogP contribution in [0.5, 0.6) is 5.75 Å². The van der Waals surface area contributed by atoms with Gasteiger partial charge in [0, 0.05) is 4.90 Å². The van der Waals surface area contributed by atoms with Crippen LogP contribution in [0.2, 0.25) is 0 Å². The monoisotopic (exact) mass is 301 g/mol. The summed E-state index contributed by atoms with van der Waals surface area (Å²) in [6.45, 7) is 3.71. The third-order valence-corrected chi connectivity index (χ3v) is 3.93. The normalized spacial score (nSPS) is 11.8. The summed E-state index contributed by atoms with van der Waals surface area (Å²) < 4.78 is 5.73. The van der Waals surface area contributed by atoms with Gasteiger partial charge in [0.1, 0.15) is 5.75 Å². The molecule has 0 aliphatic heterocycles. The van der Waals surface area contributed by atoms with Crippen molar-refractivity contribution in [2.24, 2.45) is 0 Å². The van der Waals surface area contributed by atoms with Gasteiger partial charge < -0.3 is 10.1 Å². The number of carbonyl (C=O) groups is 1. The molecular weight excluding hydrogens is 282 g/mol. The Labute approximate surface area is 129 Å². The summed E-state index contributed by atoms with van der Waals surface area (Å²) in [5.74, 6) is 0.582. The van der Waals surface area contributed by atoms with Gasteiger partial charge >= 0.3 is 0 Å². The van der Waals surface area contributed by atoms with Crippen LogP contribution in [0.3, 0.4) is 0 Å². The molecule has 2 rings (SSSR count). The van der Waals surface area contributed by atoms with E-state index in [9.17, 15) is 4.79 Å². The maximum Gasteiger partial charge on any atom is 0.265 e. The van der Waals surface area contributed by atoms with Gasteiger partial charge in [-0.3, -0.25) is 4.79 Å². The molecule has 2 aromatic carbocycles. The Morgan fingerprint density at radius 1 is 1.14 bits per heavy atom. The number of carbonyl (C=O) groups excluding carboxylic acids is 1. The number of anilines is 1. The fraction of sp³-hybridized carbons (Fsp3) is 0.235. The van der Waals surface area contributed by atoms with Gasteiger partial charge in [0.2, 0.25) is 0 Å². The summed E-state index contributed by atoms with van der Waals surface area (Å²) in [5.41, 5.74) is 1.83. The Morgan fingerprint density at radius 3 is 2.52 bits per heavy atom. The van der Waals surface area contributed by atoms with Gasteiger partial charge in [-0.15, -0.1) is 11.8 Å². The zero-order valence-corrected chi connectivity index (χ0v) is 13.2. The molecule has 3 nitrogen and oxygen atoms in total. The fourth-order valence-corrected chi connectivity index (χ4v) is 2.47. The second-order valence-corrected chi connectivity index (χ2v) is 5.56. The Bertz CT molecular complexity index is 628. The van der Waals surface area contributed by atoms with E-state index in [0.717, 1.165) is 21.9 Å². The van der Waals surface area contributed by atoms with E-state index in [-0.39, 0.29) is 5.91 Å². The summed E-state index contributed by atoms with van der Waals surface area (Å²) in [4.78, 5) is 13.3. The highest BCUT2D eigenvalue weighted by atomic mass is 32.2. The van der Waals surface area contributed by atoms with Crippen LogP contribution < -0.4 is 10.1 Å². The summed E-state index contributed by atoms with van der Waals surface area (Å²) in [7, 11) is 0. The number of rotatable bonds is 5. The third kappa shape index (κ3) is 4.02. The lowest BCUT2D eigenvalue weighted by Gasteiger charge is -2.17. The maximum absolute atomic E-state index is 12.3. The Kier molecular flexibility index (Phi) is 5.28. The first-order chi connectivity index (χ1) is 10.1. The van der Waals surface area contributed by atoms with Crippen LogP contribution in [0, 0.1) is 6.92 Å². The highest BCUT2D eigenvalue weighted by Gasteiger charge is 2.16. The summed E-state index contributed by atoms with van der Waals surface area (Å²) in [5, 5.41) is 2.92. The predicted molar refractivity (Wildman–Crippen MR) is 88.1 cm³/mol. The van der Waals surface area contributed by atoms with Gasteiger partial charge in [0.25, 0.3) is 5.91 Å². The number of nitrogens with one attached hydrogen (secondary N) is 1. The number of hydrogen-bond acceptors (Lipinski definition) is 3. The van der Waals surface area contributed by atoms with Crippen LogP contribution >= 0.6 is 11.8 Å². The first kappa shape index (κ1) is 15.4. The number of hydrogen-bond donors (Lipinski definition) is 1. The fourth-order valence-electron chi connectivity index (χ4n) is 1.91. The van der Waals surface area contributed by atoms with Crippen molar-refractivity contribution in [2.45, 2.75) is 24.8 Å². The summed E-state index contributed by atoms with van der Waals surface area (Å²) in [6, 6.07) is 15.4. The smallest absolute Gasteiger partial charge is 0.265 e. The van der Waals surface area contributed by atoms with Gasteiger partial charge in [-0.25, -0.2) is 0 Å². The van der Waals surface area contributed by atoms with Crippen molar-refractivity contribution in [2.75, 3.05) is 11.6 Å². The van der Waals surface area contributed by atoms with E-state index in [0.29, 0.717) is 0 Å². The Hall–Kier alpha value is -1.94. The van der Waals surface area contributed by atoms with Crippen LogP contribution in [-0.4, -0.2) is 18.3 Å². The van der Waals surface area contributed by atoms with E-state index >= 15 is 0 Å². The second-order valence-electron chi connectivity index (χ2n) is 4.72. The number of aryl methyl sites for hydroxylation is 1. The molecule has 1 amide bonds. The quantitative estimate of drug-likeness (QED) is 0.844. The standard InChI is InChI=1S/C17H19NO2S/c1-12-8-4-6-10-15(12)20-13(2)17(19)18-14-9-5-7-11-16(14)21-3/h4-11,13H,1-3H3,(H,18,19). The Balaban J connectivity index is 2.05. The molecule has 0 aliphatic rings. The van der Waals surface area contributed by atoms with E-state index in [1.54, 1.807) is 18.7 Å². The van der Waals surface area contributed by atoms with Crippen LogP contribution in [0.1, 0.15) is 12.5 Å². The molecule has 0 bridgehead atoms. The first-order valence-corrected chi connectivity index (χ1v) is 8.00. The predicted octanol–water partition coefficient (Wildman–Crippen LogP) is 4.12. The molecule has 0 heterocycles. The number of para-hydroxylation sites is 2. The van der Waals surface area contributed by atoms with Gasteiger partial charge in [0.05, 0.1) is 5.69 Å². The van der Waals surface area contributed by atoms with Crippen molar-refractivity contribution in [1.29, 1.82) is 0 Å². The molecule has 2 aromatic rings. The average molecular weight is 301 g/mol. The zero-order valence-electron chi connectivity index (χ0n) is 12.4. The average Bonchev–Trinajstić information content (AvgIpc) is 2.50. The van der Waals surface area contributed by atoms with E-state index in [2.05, 4.69) is 5.32 Å². The van der Waals surface area contributed by atoms with Crippen molar-refractivity contribution < 1.29 is 9.53 Å². The molecule has 0 fully saturated rings. The van der Waals surface area contributed by atoms with Crippen molar-refractivity contribution >= 4 is 23.4 Å². The van der Waals surface area contributed by atoms with Gasteiger partial charge in [-0.1, -0.05) is 30.3 Å². The van der Waals surface area contributed by atoms with Crippen molar-refractivity contribution in [1.82, 2.24) is 0 Å². The van der Waals surface area contributed by atoms with Crippen molar-refractivity contribution in [3.8, 4) is 5.75 Å². The van der Waals surface area contributed by atoms with Crippen LogP contribution in [0.4, 0.5) is 5.69 Å². The molecule has 0 spiro atoms. The van der Waals surface area contributed by atoms with E-state index in [4.69, 9.17) is 4.74 Å². The maximum atomic E-state index is 12.3. The van der Waals surface area contributed by atoms with Gasteiger partial charge in [-0.2, -0.15) is 0 Å². The number of ether oxygens (including phenoxy) is 1. The largest absolute Gasteiger partial charge is 0.481 e. The Morgan fingerprint density at radius 2 is 1.81 bits per heavy atom. The lowest BCUT2D eigenvalue weighted by molar-refractivity contribution is -0.122. The van der Waals surface area contributed by atoms with Crippen molar-refractivity contribution in [3.05, 3.63) is 54.1 Å². The van der Waals surface area contributed by atoms with Crippen LogP contribution in [-0.2, 0) is 4.79 Å². The van der Waals surface area contributed by atoms with Crippen LogP contribution in [0.15, 0.2) is 53.4 Å². The third-order valence-electron chi connectivity index (χ3n) is 3.13. The number of amides is 1. The highest BCUT2D eigenvalue weighted by molar-refractivity contribution is 7.98. The lowest BCUT2D eigenvalue weighted by Crippen LogP contribution is -2.30. The highest BCUT2D eigenvalue weighted by Crippen LogP contribution is 2.25. The molecule has 0 radical (unpaired) electrons. The zero-order chi connectivity index (χ0) is 15.2. The van der Waals surface area contributed by atoms with E-state index in [1.165, 1.54) is 0 Å². The molecule has 110 valence electrons. The summed E-state index contributed by atoms with van der Waals surface area (Å²) >= 11 is 1.60. The molecule has 1 atom stereocenters. The molecular formula is C17H19NO2S. The minimum Gasteiger partial charge on any atom is -0.481 e. The number of benzene rings is 2. The molecule has 21 heavy (non-hydrogen) atoms. The molecule has 4 heteroatoms. The molecule has 1 N–H and O–H groups in total. The molecule has 0 saturated heterocycles. The van der Waals surface area contributed by atoms with Gasteiger partial charge in [-0.05, 0) is 43.9 Å². The minimum absolute atomic E-state index is 0.153. The minimum atomic E-state index is -0.555. The van der Waals surface area contributed by atoms with E-state index in [1.807, 2.05) is 61.7 Å². The van der Waals surface area contributed by atoms with E-state index < -0.39 is 6.10 Å². The topological polar surface area (TPSA) is 38.3 Å². The van der Waals surface area contributed by atoms with Crippen LogP contribution in [0.25, 0.3) is 0 Å².